The Morgan fingerprint density at radius 2 is 2.00 bits per heavy atom. The van der Waals surface area contributed by atoms with E-state index in [1.54, 1.807) is 0 Å². The summed E-state index contributed by atoms with van der Waals surface area (Å²) >= 11 is 0. The highest BCUT2D eigenvalue weighted by molar-refractivity contribution is 5.78. The lowest BCUT2D eigenvalue weighted by Crippen LogP contribution is -2.32. The van der Waals surface area contributed by atoms with E-state index in [1.165, 1.54) is 0 Å². The number of carbonyl (C=O) groups is 1. The van der Waals surface area contributed by atoms with E-state index < -0.39 is 0 Å². The molecule has 0 fully saturated rings. The Balaban J connectivity index is 2.18. The van der Waals surface area contributed by atoms with E-state index >= 15 is 0 Å². The minimum absolute atomic E-state index is 0.00812. The Hall–Kier alpha value is -2.14. The molecule has 2 rings (SSSR count). The van der Waals surface area contributed by atoms with Gasteiger partial charge in [-0.25, -0.2) is 4.68 Å². The van der Waals surface area contributed by atoms with Crippen LogP contribution in [0.4, 0.5) is 0 Å². The standard InChI is InChI=1S/C15H20N4O/c1-10-8-11(2)19(18-10)14-6-4-13(5-7-14)12(3)17-15(20)9-16/h4-8,12H,9,16H2,1-3H3,(H,17,20). The fourth-order valence-electron chi connectivity index (χ4n) is 2.18. The zero-order chi connectivity index (χ0) is 14.7. The van der Waals surface area contributed by atoms with Crippen LogP contribution in [0.15, 0.2) is 30.3 Å². The number of hydrogen-bond donors (Lipinski definition) is 2. The lowest BCUT2D eigenvalue weighted by Gasteiger charge is -2.14. The van der Waals surface area contributed by atoms with Crippen molar-refractivity contribution in [2.24, 2.45) is 5.73 Å². The molecule has 1 atom stereocenters. The number of nitrogens with two attached hydrogens (primary N) is 1. The van der Waals surface area contributed by atoms with E-state index in [0.29, 0.717) is 0 Å². The number of hydrogen-bond acceptors (Lipinski definition) is 3. The van der Waals surface area contributed by atoms with Gasteiger partial charge in [0.05, 0.1) is 24.0 Å². The van der Waals surface area contributed by atoms with Crippen molar-refractivity contribution >= 4 is 5.91 Å². The van der Waals surface area contributed by atoms with Crippen LogP contribution in [0.25, 0.3) is 5.69 Å². The van der Waals surface area contributed by atoms with E-state index in [1.807, 2.05) is 55.8 Å². The third kappa shape index (κ3) is 3.05. The lowest BCUT2D eigenvalue weighted by atomic mass is 10.1. The van der Waals surface area contributed by atoms with Gasteiger partial charge in [-0.3, -0.25) is 4.79 Å². The zero-order valence-electron chi connectivity index (χ0n) is 12.1. The number of aromatic nitrogens is 2. The molecule has 1 amide bonds. The van der Waals surface area contributed by atoms with Crippen molar-refractivity contribution in [1.82, 2.24) is 15.1 Å². The maximum Gasteiger partial charge on any atom is 0.234 e. The first-order chi connectivity index (χ1) is 9.51. The van der Waals surface area contributed by atoms with Gasteiger partial charge in [-0.15, -0.1) is 0 Å². The van der Waals surface area contributed by atoms with Crippen LogP contribution < -0.4 is 11.1 Å². The first-order valence-electron chi connectivity index (χ1n) is 6.64. The predicted octanol–water partition coefficient (Wildman–Crippen LogP) is 1.63. The van der Waals surface area contributed by atoms with Gasteiger partial charge >= 0.3 is 0 Å². The van der Waals surface area contributed by atoms with Crippen molar-refractivity contribution in [3.8, 4) is 5.69 Å². The van der Waals surface area contributed by atoms with Gasteiger partial charge in [0.2, 0.25) is 5.91 Å². The number of carbonyl (C=O) groups excluding carboxylic acids is 1. The minimum atomic E-state index is -0.153. The van der Waals surface area contributed by atoms with Gasteiger partial charge < -0.3 is 11.1 Å². The molecule has 0 aliphatic carbocycles. The van der Waals surface area contributed by atoms with E-state index in [9.17, 15) is 4.79 Å². The second kappa shape index (κ2) is 5.88. The van der Waals surface area contributed by atoms with Crippen LogP contribution in [0, 0.1) is 13.8 Å². The molecular formula is C15H20N4O. The summed E-state index contributed by atoms with van der Waals surface area (Å²) in [6, 6.07) is 9.97. The first-order valence-corrected chi connectivity index (χ1v) is 6.64. The van der Waals surface area contributed by atoms with Crippen LogP contribution in [0.5, 0.6) is 0 Å². The number of aryl methyl sites for hydroxylation is 2. The monoisotopic (exact) mass is 272 g/mol. The van der Waals surface area contributed by atoms with Crippen molar-refractivity contribution in [3.63, 3.8) is 0 Å². The molecule has 0 saturated heterocycles. The summed E-state index contributed by atoms with van der Waals surface area (Å²) in [6.07, 6.45) is 0. The minimum Gasteiger partial charge on any atom is -0.348 e. The number of nitrogens with zero attached hydrogens (tertiary/aromatic N) is 2. The summed E-state index contributed by atoms with van der Waals surface area (Å²) in [5.74, 6) is -0.153. The molecule has 5 nitrogen and oxygen atoms in total. The predicted molar refractivity (Wildman–Crippen MR) is 78.7 cm³/mol. The normalized spacial score (nSPS) is 12.2. The summed E-state index contributed by atoms with van der Waals surface area (Å²) in [5, 5.41) is 7.28. The summed E-state index contributed by atoms with van der Waals surface area (Å²) in [4.78, 5) is 11.3. The molecule has 0 bridgehead atoms. The molecule has 1 aromatic heterocycles. The smallest absolute Gasteiger partial charge is 0.234 e. The Bertz CT molecular complexity index is 601. The summed E-state index contributed by atoms with van der Waals surface area (Å²) in [5.41, 5.74) is 9.44. The number of benzene rings is 1. The van der Waals surface area contributed by atoms with Gasteiger partial charge in [0, 0.05) is 5.69 Å². The third-order valence-electron chi connectivity index (χ3n) is 3.21. The van der Waals surface area contributed by atoms with E-state index in [2.05, 4.69) is 10.4 Å². The highest BCUT2D eigenvalue weighted by Crippen LogP contribution is 2.17. The van der Waals surface area contributed by atoms with Crippen LogP contribution in [-0.4, -0.2) is 22.2 Å². The molecule has 3 N–H and O–H groups in total. The Morgan fingerprint density at radius 3 is 2.50 bits per heavy atom. The van der Waals surface area contributed by atoms with Crippen LogP contribution in [0.2, 0.25) is 0 Å². The van der Waals surface area contributed by atoms with Gasteiger partial charge in [0.1, 0.15) is 0 Å². The third-order valence-corrected chi connectivity index (χ3v) is 3.21. The molecule has 20 heavy (non-hydrogen) atoms. The number of nitrogens with one attached hydrogen (secondary N) is 1. The topological polar surface area (TPSA) is 72.9 Å². The van der Waals surface area contributed by atoms with Crippen LogP contribution in [0.3, 0.4) is 0 Å². The number of rotatable bonds is 4. The highest BCUT2D eigenvalue weighted by Gasteiger charge is 2.09. The fourth-order valence-corrected chi connectivity index (χ4v) is 2.18. The van der Waals surface area contributed by atoms with Crippen molar-refractivity contribution in [2.45, 2.75) is 26.8 Å². The molecule has 0 spiro atoms. The maximum atomic E-state index is 11.3. The van der Waals surface area contributed by atoms with E-state index in [0.717, 1.165) is 22.6 Å². The molecule has 0 aliphatic rings. The van der Waals surface area contributed by atoms with Gasteiger partial charge in [0.25, 0.3) is 0 Å². The second-order valence-corrected chi connectivity index (χ2v) is 4.92. The molecule has 1 aromatic carbocycles. The van der Waals surface area contributed by atoms with Crippen molar-refractivity contribution in [3.05, 3.63) is 47.3 Å². The maximum absolute atomic E-state index is 11.3. The van der Waals surface area contributed by atoms with Crippen molar-refractivity contribution in [2.75, 3.05) is 6.54 Å². The van der Waals surface area contributed by atoms with Crippen LogP contribution in [-0.2, 0) is 4.79 Å². The lowest BCUT2D eigenvalue weighted by molar-refractivity contribution is -0.120. The highest BCUT2D eigenvalue weighted by atomic mass is 16.1. The van der Waals surface area contributed by atoms with E-state index in [-0.39, 0.29) is 18.5 Å². The quantitative estimate of drug-likeness (QED) is 0.888. The molecule has 0 radical (unpaired) electrons. The molecule has 0 saturated carbocycles. The molecule has 1 heterocycles. The molecule has 106 valence electrons. The average Bonchev–Trinajstić information content (AvgIpc) is 2.77. The Labute approximate surface area is 118 Å². The van der Waals surface area contributed by atoms with Crippen molar-refractivity contribution < 1.29 is 4.79 Å². The SMILES string of the molecule is Cc1cc(C)n(-c2ccc(C(C)NC(=O)CN)cc2)n1. The van der Waals surface area contributed by atoms with Gasteiger partial charge in [-0.1, -0.05) is 12.1 Å². The fraction of sp³-hybridized carbons (Fsp3) is 0.333. The molecule has 1 unspecified atom stereocenters. The molecular weight excluding hydrogens is 252 g/mol. The first kappa shape index (κ1) is 14.3. The largest absolute Gasteiger partial charge is 0.348 e. The average molecular weight is 272 g/mol. The molecule has 5 heteroatoms. The van der Waals surface area contributed by atoms with Crippen molar-refractivity contribution in [1.29, 1.82) is 0 Å². The van der Waals surface area contributed by atoms with Gasteiger partial charge in [-0.2, -0.15) is 5.10 Å². The van der Waals surface area contributed by atoms with Gasteiger partial charge in [-0.05, 0) is 44.5 Å². The Kier molecular flexibility index (Phi) is 4.20. The van der Waals surface area contributed by atoms with Crippen LogP contribution in [0.1, 0.15) is 29.9 Å². The second-order valence-electron chi connectivity index (χ2n) is 4.92. The van der Waals surface area contributed by atoms with Gasteiger partial charge in [0.15, 0.2) is 0 Å². The summed E-state index contributed by atoms with van der Waals surface area (Å²) in [6.45, 7) is 5.94. The molecule has 2 aromatic rings. The number of amides is 1. The summed E-state index contributed by atoms with van der Waals surface area (Å²) in [7, 11) is 0. The van der Waals surface area contributed by atoms with E-state index in [4.69, 9.17) is 5.73 Å². The zero-order valence-corrected chi connectivity index (χ0v) is 12.1. The Morgan fingerprint density at radius 1 is 1.35 bits per heavy atom. The summed E-state index contributed by atoms with van der Waals surface area (Å²) < 4.78 is 1.91. The molecule has 0 aliphatic heterocycles. The van der Waals surface area contributed by atoms with Crippen LogP contribution >= 0.6 is 0 Å².